The first kappa shape index (κ1) is 9.93. The predicted octanol–water partition coefficient (Wildman–Crippen LogP) is 1.46. The minimum atomic E-state index is -1.07. The van der Waals surface area contributed by atoms with Gasteiger partial charge in [-0.2, -0.15) is 0 Å². The Balaban J connectivity index is 2.53. The molecule has 2 nitrogen and oxygen atoms in total. The lowest BCUT2D eigenvalue weighted by molar-refractivity contribution is -0.0390. The average molecular weight is 175 g/mol. The van der Waals surface area contributed by atoms with Gasteiger partial charge in [0.25, 0.3) is 0 Å². The zero-order valence-electron chi connectivity index (χ0n) is 8.14. The molecule has 1 aliphatic heterocycles. The van der Waals surface area contributed by atoms with Crippen LogP contribution in [-0.4, -0.2) is 43.4 Å². The minimum Gasteiger partial charge on any atom is -0.380 e. The molecule has 0 amide bonds. The van der Waals surface area contributed by atoms with Crippen LogP contribution in [0, 0.1) is 0 Å². The Bertz CT molecular complexity index is 135. The Hall–Kier alpha value is -0.150. The molecule has 1 fully saturated rings. The van der Waals surface area contributed by atoms with Gasteiger partial charge in [0.2, 0.25) is 0 Å². The average Bonchev–Trinajstić information content (AvgIpc) is 2.01. The summed E-state index contributed by atoms with van der Waals surface area (Å²) in [5, 5.41) is 0. The van der Waals surface area contributed by atoms with Crippen LogP contribution < -0.4 is 0 Å². The second kappa shape index (κ2) is 3.71. The molecule has 1 heterocycles. The Kier molecular flexibility index (Phi) is 3.07. The molecule has 3 heteroatoms. The molecule has 1 aliphatic rings. The van der Waals surface area contributed by atoms with Gasteiger partial charge >= 0.3 is 0 Å². The van der Waals surface area contributed by atoms with Crippen molar-refractivity contribution >= 4 is 0 Å². The Morgan fingerprint density at radius 1 is 1.67 bits per heavy atom. The van der Waals surface area contributed by atoms with Crippen molar-refractivity contribution in [3.63, 3.8) is 0 Å². The lowest BCUT2D eigenvalue weighted by atomic mass is 9.95. The van der Waals surface area contributed by atoms with Crippen LogP contribution in [-0.2, 0) is 4.74 Å². The summed E-state index contributed by atoms with van der Waals surface area (Å²) in [4.78, 5) is 2.09. The number of alkyl halides is 1. The lowest BCUT2D eigenvalue weighted by Crippen LogP contribution is -2.50. The van der Waals surface area contributed by atoms with Crippen molar-refractivity contribution in [2.75, 3.05) is 26.7 Å². The van der Waals surface area contributed by atoms with Crippen molar-refractivity contribution in [1.29, 1.82) is 0 Å². The molecular weight excluding hydrogens is 157 g/mol. The van der Waals surface area contributed by atoms with Crippen LogP contribution in [0.4, 0.5) is 4.39 Å². The molecule has 1 rings (SSSR count). The fourth-order valence-electron chi connectivity index (χ4n) is 1.82. The quantitative estimate of drug-likeness (QED) is 0.630. The lowest BCUT2D eigenvalue weighted by Gasteiger charge is -2.38. The maximum atomic E-state index is 13.6. The molecule has 2 atom stereocenters. The SMILES string of the molecule is CCN1CC(OC)CC(C)(F)C1. The first-order valence-electron chi connectivity index (χ1n) is 4.51. The van der Waals surface area contributed by atoms with Crippen molar-refractivity contribution in [2.24, 2.45) is 0 Å². The third-order valence-electron chi connectivity index (χ3n) is 2.45. The van der Waals surface area contributed by atoms with E-state index in [0.717, 1.165) is 13.1 Å². The topological polar surface area (TPSA) is 12.5 Å². The zero-order chi connectivity index (χ0) is 9.19. The number of halogens is 1. The van der Waals surface area contributed by atoms with Gasteiger partial charge < -0.3 is 4.74 Å². The highest BCUT2D eigenvalue weighted by atomic mass is 19.1. The molecule has 72 valence electrons. The van der Waals surface area contributed by atoms with Gasteiger partial charge in [0, 0.05) is 26.6 Å². The number of likely N-dealkylation sites (tertiary alicyclic amines) is 1. The van der Waals surface area contributed by atoms with Gasteiger partial charge in [0.15, 0.2) is 0 Å². The summed E-state index contributed by atoms with van der Waals surface area (Å²) < 4.78 is 18.8. The zero-order valence-corrected chi connectivity index (χ0v) is 8.14. The molecule has 1 saturated heterocycles. The molecule has 0 radical (unpaired) electrons. The van der Waals surface area contributed by atoms with Crippen LogP contribution in [0.25, 0.3) is 0 Å². The van der Waals surface area contributed by atoms with E-state index in [1.54, 1.807) is 14.0 Å². The maximum Gasteiger partial charge on any atom is 0.123 e. The van der Waals surface area contributed by atoms with Crippen molar-refractivity contribution in [2.45, 2.75) is 32.0 Å². The second-order valence-corrected chi connectivity index (χ2v) is 3.80. The van der Waals surface area contributed by atoms with E-state index < -0.39 is 5.67 Å². The molecule has 0 aromatic heterocycles. The molecule has 0 spiro atoms. The fraction of sp³-hybridized carbons (Fsp3) is 1.00. The number of likely N-dealkylation sites (N-methyl/N-ethyl adjacent to an activating group) is 1. The van der Waals surface area contributed by atoms with Crippen molar-refractivity contribution in [3.8, 4) is 0 Å². The number of piperidine rings is 1. The van der Waals surface area contributed by atoms with Crippen molar-refractivity contribution < 1.29 is 9.13 Å². The summed E-state index contributed by atoms with van der Waals surface area (Å²) in [6, 6.07) is 0. The molecule has 2 unspecified atom stereocenters. The highest BCUT2D eigenvalue weighted by Gasteiger charge is 2.35. The van der Waals surface area contributed by atoms with E-state index in [4.69, 9.17) is 4.74 Å². The highest BCUT2D eigenvalue weighted by molar-refractivity contribution is 4.88. The molecule has 0 saturated carbocycles. The third-order valence-corrected chi connectivity index (χ3v) is 2.45. The van der Waals surface area contributed by atoms with E-state index in [1.165, 1.54) is 0 Å². The summed E-state index contributed by atoms with van der Waals surface area (Å²) in [6.07, 6.45) is 0.591. The third kappa shape index (κ3) is 2.42. The molecular formula is C9H18FNO. The van der Waals surface area contributed by atoms with Crippen LogP contribution in [0.5, 0.6) is 0 Å². The molecule has 0 aliphatic carbocycles. The van der Waals surface area contributed by atoms with Crippen LogP contribution in [0.1, 0.15) is 20.3 Å². The van der Waals surface area contributed by atoms with Gasteiger partial charge in [-0.1, -0.05) is 6.92 Å². The summed E-state index contributed by atoms with van der Waals surface area (Å²) in [5.74, 6) is 0. The van der Waals surface area contributed by atoms with Gasteiger partial charge in [-0.05, 0) is 13.5 Å². The number of ether oxygens (including phenoxy) is 1. The highest BCUT2D eigenvalue weighted by Crippen LogP contribution is 2.25. The number of hydrogen-bond acceptors (Lipinski definition) is 2. The van der Waals surface area contributed by atoms with E-state index in [9.17, 15) is 4.39 Å². The summed E-state index contributed by atoms with van der Waals surface area (Å²) in [6.45, 7) is 6.02. The van der Waals surface area contributed by atoms with E-state index >= 15 is 0 Å². The van der Waals surface area contributed by atoms with Crippen LogP contribution in [0.15, 0.2) is 0 Å². The van der Waals surface area contributed by atoms with Gasteiger partial charge in [-0.25, -0.2) is 4.39 Å². The predicted molar refractivity (Wildman–Crippen MR) is 47.0 cm³/mol. The number of nitrogens with zero attached hydrogens (tertiary/aromatic N) is 1. The van der Waals surface area contributed by atoms with Gasteiger partial charge in [-0.3, -0.25) is 4.90 Å². The monoisotopic (exact) mass is 175 g/mol. The molecule has 0 N–H and O–H groups in total. The molecule has 0 aromatic rings. The summed E-state index contributed by atoms with van der Waals surface area (Å²) >= 11 is 0. The van der Waals surface area contributed by atoms with E-state index in [0.29, 0.717) is 13.0 Å². The van der Waals surface area contributed by atoms with Gasteiger partial charge in [-0.15, -0.1) is 0 Å². The maximum absolute atomic E-state index is 13.6. The normalized spacial score (nSPS) is 38.5. The Labute approximate surface area is 73.7 Å². The van der Waals surface area contributed by atoms with Crippen LogP contribution in [0.2, 0.25) is 0 Å². The van der Waals surface area contributed by atoms with Crippen LogP contribution in [0.3, 0.4) is 0 Å². The van der Waals surface area contributed by atoms with Crippen LogP contribution >= 0.6 is 0 Å². The number of rotatable bonds is 2. The van der Waals surface area contributed by atoms with E-state index in [-0.39, 0.29) is 6.10 Å². The smallest absolute Gasteiger partial charge is 0.123 e. The number of methoxy groups -OCH3 is 1. The Morgan fingerprint density at radius 2 is 2.33 bits per heavy atom. The minimum absolute atomic E-state index is 0.0636. The second-order valence-electron chi connectivity index (χ2n) is 3.80. The molecule has 0 bridgehead atoms. The summed E-state index contributed by atoms with van der Waals surface area (Å²) in [7, 11) is 1.65. The van der Waals surface area contributed by atoms with E-state index in [2.05, 4.69) is 4.90 Å². The standard InChI is InChI=1S/C9H18FNO/c1-4-11-6-8(12-3)5-9(2,10)7-11/h8H,4-7H2,1-3H3. The first-order valence-corrected chi connectivity index (χ1v) is 4.51. The van der Waals surface area contributed by atoms with Gasteiger partial charge in [0.05, 0.1) is 6.10 Å². The van der Waals surface area contributed by atoms with Crippen molar-refractivity contribution in [3.05, 3.63) is 0 Å². The fourth-order valence-corrected chi connectivity index (χ4v) is 1.82. The van der Waals surface area contributed by atoms with Gasteiger partial charge in [0.1, 0.15) is 5.67 Å². The largest absolute Gasteiger partial charge is 0.380 e. The summed E-state index contributed by atoms with van der Waals surface area (Å²) in [5.41, 5.74) is -1.07. The number of hydrogen-bond donors (Lipinski definition) is 0. The van der Waals surface area contributed by atoms with E-state index in [1.807, 2.05) is 6.92 Å². The first-order chi connectivity index (χ1) is 5.57. The van der Waals surface area contributed by atoms with Crippen molar-refractivity contribution in [1.82, 2.24) is 4.90 Å². The Morgan fingerprint density at radius 3 is 2.83 bits per heavy atom. The molecule has 0 aromatic carbocycles. The molecule has 12 heavy (non-hydrogen) atoms.